The van der Waals surface area contributed by atoms with Crippen molar-refractivity contribution in [2.75, 3.05) is 7.11 Å². The summed E-state index contributed by atoms with van der Waals surface area (Å²) in [6.45, 7) is 1.79. The van der Waals surface area contributed by atoms with Gasteiger partial charge in [-0.05, 0) is 18.2 Å². The quantitative estimate of drug-likeness (QED) is 0.658. The van der Waals surface area contributed by atoms with Crippen molar-refractivity contribution in [2.24, 2.45) is 0 Å². The molecule has 0 aromatic heterocycles. The van der Waals surface area contributed by atoms with E-state index in [1.807, 2.05) is 15.9 Å². The Labute approximate surface area is 96.3 Å². The van der Waals surface area contributed by atoms with E-state index in [1.165, 1.54) is 13.2 Å². The Balaban J connectivity index is 0.000000921. The third kappa shape index (κ3) is 3.81. The topological polar surface area (TPSA) is 63.6 Å². The molecule has 0 fully saturated rings. The number of hydrogen-bond acceptors (Lipinski definition) is 4. The number of benzene rings is 1. The summed E-state index contributed by atoms with van der Waals surface area (Å²) in [6, 6.07) is 4.59. The molecule has 0 saturated carbocycles. The number of aromatic hydroxyl groups is 1. The Hall–Kier alpha value is -1.19. The van der Waals surface area contributed by atoms with Gasteiger partial charge in [-0.3, -0.25) is 4.79 Å². The van der Waals surface area contributed by atoms with Crippen LogP contribution in [-0.4, -0.2) is 18.0 Å². The summed E-state index contributed by atoms with van der Waals surface area (Å²) in [7, 11) is 1.45. The van der Waals surface area contributed by atoms with Gasteiger partial charge in [0.2, 0.25) is 0 Å². The molecule has 4 nitrogen and oxygen atoms in total. The fourth-order valence-corrected chi connectivity index (χ4v) is 1.06. The molecule has 0 heterocycles. The number of phenols is 1. The van der Waals surface area contributed by atoms with Crippen molar-refractivity contribution in [3.63, 3.8) is 0 Å². The van der Waals surface area contributed by atoms with E-state index in [0.717, 1.165) is 0 Å². The van der Waals surface area contributed by atoms with Gasteiger partial charge in [-0.2, -0.15) is 0 Å². The zero-order valence-corrected chi connectivity index (χ0v) is 9.57. The van der Waals surface area contributed by atoms with Crippen LogP contribution in [0.3, 0.4) is 0 Å². The Morgan fingerprint density at radius 2 is 2.07 bits per heavy atom. The third-order valence-electron chi connectivity index (χ3n) is 1.82. The first kappa shape index (κ1) is 13.8. The van der Waals surface area contributed by atoms with Crippen LogP contribution >= 0.6 is 0 Å². The van der Waals surface area contributed by atoms with E-state index in [9.17, 15) is 9.90 Å². The van der Waals surface area contributed by atoms with Crippen LogP contribution < -0.4 is 4.74 Å². The third-order valence-corrected chi connectivity index (χ3v) is 1.82. The number of hydrogen-bond donors (Lipinski definition) is 1. The molecule has 0 atom stereocenters. The second-order valence-electron chi connectivity index (χ2n) is 2.66. The molecule has 0 aliphatic carbocycles. The van der Waals surface area contributed by atoms with E-state index in [-0.39, 0.29) is 11.5 Å². The molecule has 0 aliphatic rings. The molecule has 0 radical (unpaired) electrons. The van der Waals surface area contributed by atoms with E-state index in [1.54, 1.807) is 19.1 Å². The van der Waals surface area contributed by atoms with Gasteiger partial charge in [-0.1, -0.05) is 6.92 Å². The molecule has 0 saturated heterocycles. The van der Waals surface area contributed by atoms with Gasteiger partial charge in [0.15, 0.2) is 17.3 Å². The van der Waals surface area contributed by atoms with E-state index in [2.05, 4.69) is 0 Å². The standard InChI is InChI=1S/C10H12O3.Fe.O/c1-3-8(11)7-4-5-9(12)10(6-7)13-2;;/h4-6,12H,3H2,1-2H3;;. The first-order valence-electron chi connectivity index (χ1n) is 4.23. The first-order chi connectivity index (χ1) is 7.19. The number of ether oxygens (including phenoxy) is 1. The maximum absolute atomic E-state index is 11.3. The summed E-state index contributed by atoms with van der Waals surface area (Å²) in [5, 5.41) is 9.25. The van der Waals surface area contributed by atoms with Crippen LogP contribution in [0, 0.1) is 0 Å². The molecule has 0 amide bonds. The van der Waals surface area contributed by atoms with Crippen LogP contribution in [0.1, 0.15) is 23.7 Å². The van der Waals surface area contributed by atoms with Gasteiger partial charge in [0.1, 0.15) is 0 Å². The molecular weight excluding hydrogens is 240 g/mol. The summed E-state index contributed by atoms with van der Waals surface area (Å²) >= 11 is 2.00. The van der Waals surface area contributed by atoms with Gasteiger partial charge in [-0.25, -0.2) is 0 Å². The van der Waals surface area contributed by atoms with Crippen LogP contribution in [0.15, 0.2) is 18.2 Å². The number of methoxy groups -OCH3 is 1. The van der Waals surface area contributed by atoms with Crippen molar-refractivity contribution >= 4 is 5.78 Å². The van der Waals surface area contributed by atoms with Gasteiger partial charge >= 0.3 is 19.8 Å². The summed E-state index contributed by atoms with van der Waals surface area (Å²) in [6.07, 6.45) is 0.452. The molecule has 1 N–H and O–H groups in total. The molecule has 0 aliphatic heterocycles. The Morgan fingerprint density at radius 1 is 1.47 bits per heavy atom. The van der Waals surface area contributed by atoms with Crippen molar-refractivity contribution in [1.82, 2.24) is 0 Å². The Bertz CT molecular complexity index is 338. The number of Topliss-reactive ketones (excluding diaryl/α,β-unsaturated/α-hetero) is 1. The predicted molar refractivity (Wildman–Crippen MR) is 50.0 cm³/mol. The summed E-state index contributed by atoms with van der Waals surface area (Å²) in [5.74, 6) is 0.424. The van der Waals surface area contributed by atoms with Crippen molar-refractivity contribution in [1.29, 1.82) is 0 Å². The number of phenolic OH excluding ortho intramolecular Hbond substituents is 1. The second kappa shape index (κ2) is 7.15. The monoisotopic (exact) mass is 252 g/mol. The van der Waals surface area contributed by atoms with Crippen molar-refractivity contribution < 1.29 is 34.4 Å². The summed E-state index contributed by atoms with van der Waals surface area (Å²) < 4.78 is 12.9. The molecule has 15 heavy (non-hydrogen) atoms. The second-order valence-corrected chi connectivity index (χ2v) is 2.66. The molecule has 84 valence electrons. The summed E-state index contributed by atoms with van der Waals surface area (Å²) in [4.78, 5) is 11.3. The van der Waals surface area contributed by atoms with Crippen molar-refractivity contribution in [3.05, 3.63) is 23.8 Å². The van der Waals surface area contributed by atoms with Gasteiger partial charge in [0.05, 0.1) is 7.11 Å². The normalized spacial score (nSPS) is 8.73. The first-order valence-corrected chi connectivity index (χ1v) is 4.68. The van der Waals surface area contributed by atoms with Gasteiger partial charge in [0, 0.05) is 12.0 Å². The molecule has 1 aromatic carbocycles. The average molecular weight is 252 g/mol. The molecular formula is C10H12FeO4. The van der Waals surface area contributed by atoms with E-state index < -0.39 is 0 Å². The number of carbonyl (C=O) groups is 1. The maximum atomic E-state index is 11.3. The molecule has 1 rings (SSSR count). The van der Waals surface area contributed by atoms with Gasteiger partial charge in [-0.15, -0.1) is 0 Å². The van der Waals surface area contributed by atoms with Crippen molar-refractivity contribution in [2.45, 2.75) is 13.3 Å². The minimum atomic E-state index is 0.0401. The zero-order chi connectivity index (χ0) is 11.8. The van der Waals surface area contributed by atoms with Crippen LogP contribution in [0.5, 0.6) is 11.5 Å². The minimum absolute atomic E-state index is 0.0401. The zero-order valence-electron chi connectivity index (χ0n) is 8.46. The number of ketones is 1. The summed E-state index contributed by atoms with van der Waals surface area (Å²) in [5.41, 5.74) is 0.567. The number of rotatable bonds is 3. The fraction of sp³-hybridized carbons (Fsp3) is 0.300. The van der Waals surface area contributed by atoms with Crippen LogP contribution in [-0.2, 0) is 19.8 Å². The number of carbonyl (C=O) groups excluding carboxylic acids is 1. The Morgan fingerprint density at radius 3 is 2.53 bits per heavy atom. The van der Waals surface area contributed by atoms with E-state index in [0.29, 0.717) is 17.7 Å². The predicted octanol–water partition coefficient (Wildman–Crippen LogP) is 1.87. The molecule has 0 spiro atoms. The van der Waals surface area contributed by atoms with E-state index in [4.69, 9.17) is 8.57 Å². The van der Waals surface area contributed by atoms with Crippen LogP contribution in [0.2, 0.25) is 0 Å². The Kier molecular flexibility index (Phi) is 6.58. The van der Waals surface area contributed by atoms with Gasteiger partial charge < -0.3 is 9.84 Å². The van der Waals surface area contributed by atoms with Gasteiger partial charge in [0.25, 0.3) is 0 Å². The molecule has 0 unspecified atom stereocenters. The van der Waals surface area contributed by atoms with Crippen molar-refractivity contribution in [3.8, 4) is 11.5 Å². The fourth-order valence-electron chi connectivity index (χ4n) is 1.06. The molecule has 0 bridgehead atoms. The molecule has 1 aromatic rings. The SMILES string of the molecule is CCC(=O)c1ccc(O)c(OC)c1.[O]=[Fe]. The molecule has 5 heteroatoms. The van der Waals surface area contributed by atoms with E-state index >= 15 is 0 Å². The average Bonchev–Trinajstić information content (AvgIpc) is 2.31. The van der Waals surface area contributed by atoms with Crippen LogP contribution in [0.4, 0.5) is 0 Å². The van der Waals surface area contributed by atoms with Crippen LogP contribution in [0.25, 0.3) is 0 Å².